The molecule has 5 rings (SSSR count). The Morgan fingerprint density at radius 2 is 1.69 bits per heavy atom. The highest BCUT2D eigenvalue weighted by atomic mass is 16.5. The summed E-state index contributed by atoms with van der Waals surface area (Å²) in [6.45, 7) is 3.56. The monoisotopic (exact) mass is 429 g/mol. The van der Waals surface area contributed by atoms with E-state index < -0.39 is 5.97 Å². The van der Waals surface area contributed by atoms with Crippen LogP contribution in [0.3, 0.4) is 0 Å². The normalized spacial score (nSPS) is 25.7. The minimum atomic E-state index is -0.677. The fourth-order valence-corrected chi connectivity index (χ4v) is 5.34. The molecule has 2 fully saturated rings. The van der Waals surface area contributed by atoms with Gasteiger partial charge in [0, 0.05) is 5.56 Å². The van der Waals surface area contributed by atoms with Crippen molar-refractivity contribution in [2.45, 2.75) is 20.3 Å². The van der Waals surface area contributed by atoms with Crippen molar-refractivity contribution in [3.8, 4) is 0 Å². The number of fused-ring (bicyclic) bond motifs is 5. The molecule has 1 aliphatic heterocycles. The molecule has 2 amide bonds. The fraction of sp³-hybridized carbons (Fsp3) is 0.308. The minimum absolute atomic E-state index is 0.118. The lowest BCUT2D eigenvalue weighted by Gasteiger charge is -2.19. The summed E-state index contributed by atoms with van der Waals surface area (Å²) in [5, 5.41) is 0. The largest absolute Gasteiger partial charge is 0.454 e. The molecule has 2 aliphatic carbocycles. The van der Waals surface area contributed by atoms with Crippen molar-refractivity contribution < 1.29 is 23.9 Å². The SMILES string of the molecule is CC1=CC2CC1C1C(=O)N(c3cccc(C(=O)OCC(=O)c4ccc(C)cc4)c3)C(=O)C21. The number of hydrogen-bond donors (Lipinski definition) is 0. The van der Waals surface area contributed by atoms with Gasteiger partial charge in [0.2, 0.25) is 11.8 Å². The maximum Gasteiger partial charge on any atom is 0.338 e. The number of carbonyl (C=O) groups excluding carboxylic acids is 4. The van der Waals surface area contributed by atoms with Gasteiger partial charge in [-0.3, -0.25) is 14.4 Å². The van der Waals surface area contributed by atoms with Crippen molar-refractivity contribution >= 4 is 29.3 Å². The number of Topliss-reactive ketones (excluding diaryl/α,β-unsaturated/α-hetero) is 1. The van der Waals surface area contributed by atoms with E-state index in [1.165, 1.54) is 16.5 Å². The van der Waals surface area contributed by atoms with E-state index in [1.54, 1.807) is 30.3 Å². The van der Waals surface area contributed by atoms with E-state index in [0.29, 0.717) is 11.3 Å². The number of ketones is 1. The molecule has 2 aromatic rings. The summed E-state index contributed by atoms with van der Waals surface area (Å²) in [4.78, 5) is 52.3. The van der Waals surface area contributed by atoms with Crippen LogP contribution in [-0.4, -0.2) is 30.2 Å². The molecular weight excluding hydrogens is 406 g/mol. The molecule has 4 atom stereocenters. The minimum Gasteiger partial charge on any atom is -0.454 e. The second-order valence-electron chi connectivity index (χ2n) is 8.90. The smallest absolute Gasteiger partial charge is 0.338 e. The van der Waals surface area contributed by atoms with Gasteiger partial charge >= 0.3 is 5.97 Å². The van der Waals surface area contributed by atoms with Gasteiger partial charge < -0.3 is 4.74 Å². The molecule has 0 aromatic heterocycles. The highest BCUT2D eigenvalue weighted by Gasteiger charge is 2.60. The maximum atomic E-state index is 13.1. The van der Waals surface area contributed by atoms with E-state index >= 15 is 0 Å². The molecular formula is C26H23NO5. The molecule has 2 aromatic carbocycles. The van der Waals surface area contributed by atoms with Gasteiger partial charge in [-0.15, -0.1) is 0 Å². The second-order valence-corrected chi connectivity index (χ2v) is 8.90. The summed E-state index contributed by atoms with van der Waals surface area (Å²) in [7, 11) is 0. The van der Waals surface area contributed by atoms with Crippen LogP contribution in [0.1, 0.15) is 39.6 Å². The van der Waals surface area contributed by atoms with Gasteiger partial charge in [0.25, 0.3) is 0 Å². The van der Waals surface area contributed by atoms with Crippen molar-refractivity contribution in [2.24, 2.45) is 23.7 Å². The third-order valence-electron chi connectivity index (χ3n) is 6.93. The summed E-state index contributed by atoms with van der Waals surface area (Å²) in [5.41, 5.74) is 3.25. The van der Waals surface area contributed by atoms with E-state index in [-0.39, 0.29) is 53.4 Å². The number of carbonyl (C=O) groups is 4. The topological polar surface area (TPSA) is 80.8 Å². The zero-order valence-electron chi connectivity index (χ0n) is 17.9. The lowest BCUT2D eigenvalue weighted by molar-refractivity contribution is -0.123. The highest BCUT2D eigenvalue weighted by Crippen LogP contribution is 2.55. The van der Waals surface area contributed by atoms with Crippen LogP contribution in [-0.2, 0) is 14.3 Å². The van der Waals surface area contributed by atoms with Crippen LogP contribution in [0, 0.1) is 30.6 Å². The van der Waals surface area contributed by atoms with E-state index in [0.717, 1.165) is 12.0 Å². The van der Waals surface area contributed by atoms with Gasteiger partial charge in [-0.1, -0.05) is 47.5 Å². The molecule has 162 valence electrons. The Morgan fingerprint density at radius 3 is 2.44 bits per heavy atom. The first-order valence-corrected chi connectivity index (χ1v) is 10.8. The average Bonchev–Trinajstić information content (AvgIpc) is 3.42. The number of anilines is 1. The number of aryl methyl sites for hydroxylation is 1. The molecule has 4 unspecified atom stereocenters. The first-order chi connectivity index (χ1) is 15.3. The lowest BCUT2D eigenvalue weighted by Crippen LogP contribution is -2.33. The molecule has 2 bridgehead atoms. The Hall–Kier alpha value is -3.54. The van der Waals surface area contributed by atoms with Gasteiger partial charge in [0.1, 0.15) is 0 Å². The van der Waals surface area contributed by atoms with Gasteiger partial charge in [-0.25, -0.2) is 9.69 Å². The summed E-state index contributed by atoms with van der Waals surface area (Å²) in [6, 6.07) is 13.3. The molecule has 0 radical (unpaired) electrons. The molecule has 1 saturated carbocycles. The Bertz CT molecular complexity index is 1180. The summed E-state index contributed by atoms with van der Waals surface area (Å²) >= 11 is 0. The first kappa shape index (κ1) is 20.4. The molecule has 6 nitrogen and oxygen atoms in total. The van der Waals surface area contributed by atoms with Gasteiger partial charge in [-0.05, 0) is 50.3 Å². The first-order valence-electron chi connectivity index (χ1n) is 10.8. The van der Waals surface area contributed by atoms with E-state index in [4.69, 9.17) is 4.74 Å². The van der Waals surface area contributed by atoms with Crippen molar-refractivity contribution in [3.63, 3.8) is 0 Å². The predicted molar refractivity (Wildman–Crippen MR) is 117 cm³/mol. The summed E-state index contributed by atoms with van der Waals surface area (Å²) < 4.78 is 5.19. The second kappa shape index (κ2) is 7.55. The maximum absolute atomic E-state index is 13.1. The van der Waals surface area contributed by atoms with Gasteiger partial charge in [0.05, 0.1) is 23.1 Å². The number of hydrogen-bond acceptors (Lipinski definition) is 5. The van der Waals surface area contributed by atoms with Crippen molar-refractivity contribution in [1.82, 2.24) is 0 Å². The third kappa shape index (κ3) is 3.18. The molecule has 1 heterocycles. The molecule has 1 saturated heterocycles. The quantitative estimate of drug-likeness (QED) is 0.313. The molecule has 0 spiro atoms. The lowest BCUT2D eigenvalue weighted by atomic mass is 9.82. The number of amides is 2. The van der Waals surface area contributed by atoms with E-state index in [1.807, 2.05) is 26.0 Å². The number of ether oxygens (including phenoxy) is 1. The fourth-order valence-electron chi connectivity index (χ4n) is 5.34. The Morgan fingerprint density at radius 1 is 0.969 bits per heavy atom. The summed E-state index contributed by atoms with van der Waals surface area (Å²) in [5.74, 6) is -1.73. The summed E-state index contributed by atoms with van der Waals surface area (Å²) in [6.07, 6.45) is 2.99. The van der Waals surface area contributed by atoms with Crippen LogP contribution < -0.4 is 4.90 Å². The highest BCUT2D eigenvalue weighted by molar-refractivity contribution is 6.23. The third-order valence-corrected chi connectivity index (χ3v) is 6.93. The van der Waals surface area contributed by atoms with Crippen LogP contribution in [0.5, 0.6) is 0 Å². The van der Waals surface area contributed by atoms with Crippen LogP contribution in [0.25, 0.3) is 0 Å². The number of nitrogens with zero attached hydrogens (tertiary/aromatic N) is 1. The Kier molecular flexibility index (Phi) is 4.81. The van der Waals surface area contributed by atoms with E-state index in [9.17, 15) is 19.2 Å². The van der Waals surface area contributed by atoms with Crippen molar-refractivity contribution in [1.29, 1.82) is 0 Å². The molecule has 6 heteroatoms. The van der Waals surface area contributed by atoms with Gasteiger partial charge in [0.15, 0.2) is 12.4 Å². The number of esters is 1. The van der Waals surface area contributed by atoms with Crippen LogP contribution >= 0.6 is 0 Å². The van der Waals surface area contributed by atoms with E-state index in [2.05, 4.69) is 6.08 Å². The average molecular weight is 429 g/mol. The number of imide groups is 1. The zero-order valence-corrected chi connectivity index (χ0v) is 17.9. The zero-order chi connectivity index (χ0) is 22.6. The van der Waals surface area contributed by atoms with Gasteiger partial charge in [-0.2, -0.15) is 0 Å². The van der Waals surface area contributed by atoms with Crippen LogP contribution in [0.15, 0.2) is 60.2 Å². The Labute approximate surface area is 185 Å². The van der Waals surface area contributed by atoms with Crippen LogP contribution in [0.4, 0.5) is 5.69 Å². The standard InChI is InChI=1S/C26H23NO5/c1-14-6-8-16(9-7-14)21(28)13-32-26(31)17-4-3-5-19(11-17)27-24(29)22-18-10-15(2)20(12-18)23(22)25(27)30/h3-11,18,20,22-23H,12-13H2,1-2H3. The van der Waals surface area contributed by atoms with Crippen molar-refractivity contribution in [3.05, 3.63) is 76.9 Å². The number of benzene rings is 2. The number of allylic oxidation sites excluding steroid dienone is 2. The number of rotatable bonds is 5. The molecule has 32 heavy (non-hydrogen) atoms. The molecule has 0 N–H and O–H groups in total. The molecule has 3 aliphatic rings. The predicted octanol–water partition coefficient (Wildman–Crippen LogP) is 3.74. The van der Waals surface area contributed by atoms with Crippen LogP contribution in [0.2, 0.25) is 0 Å². The van der Waals surface area contributed by atoms with Crippen molar-refractivity contribution in [2.75, 3.05) is 11.5 Å². The Balaban J connectivity index is 1.30.